The van der Waals surface area contributed by atoms with Crippen LogP contribution in [0.3, 0.4) is 0 Å². The smallest absolute Gasteiger partial charge is 0.0950 e. The fraction of sp³-hybridized carbons (Fsp3) is 0.500. The third kappa shape index (κ3) is 3.80. The number of hydrogen-bond donors (Lipinski definition) is 1. The molecule has 3 heteroatoms. The molecule has 0 bridgehead atoms. The molecular weight excluding hydrogens is 84.1 g/mol. The summed E-state index contributed by atoms with van der Waals surface area (Å²) < 4.78 is 0. The molecule has 5 heavy (non-hydrogen) atoms. The second kappa shape index (κ2) is 3.80. The maximum atomic E-state index is 7.72. The van der Waals surface area contributed by atoms with E-state index >= 15 is 0 Å². The van der Waals surface area contributed by atoms with Gasteiger partial charge < -0.3 is 0 Å². The topological polar surface area (TPSA) is 49.8 Å². The molecule has 0 fully saturated rings. The number of nitriles is 1. The largest absolute Gasteiger partial charge is 0.277 e. The Morgan fingerprint density at radius 3 is 2.60 bits per heavy atom. The van der Waals surface area contributed by atoms with Gasteiger partial charge in [0, 0.05) is 0 Å². The van der Waals surface area contributed by atoms with Gasteiger partial charge in [-0.1, -0.05) is 11.9 Å². The highest BCUT2D eigenvalue weighted by Gasteiger charge is 1.65. The van der Waals surface area contributed by atoms with E-state index in [1.165, 1.54) is 0 Å². The van der Waals surface area contributed by atoms with Gasteiger partial charge >= 0.3 is 0 Å². The van der Waals surface area contributed by atoms with Crippen LogP contribution in [0.5, 0.6) is 0 Å². The first-order valence-electron chi connectivity index (χ1n) is 1.10. The summed E-state index contributed by atoms with van der Waals surface area (Å²) in [6, 6.07) is 1.86. The number of hydrogen-bond acceptors (Lipinski definition) is 3. The van der Waals surface area contributed by atoms with Crippen molar-refractivity contribution in [1.82, 2.24) is 0 Å². The molecule has 0 rings (SSSR count). The van der Waals surface area contributed by atoms with Gasteiger partial charge in [0.25, 0.3) is 0 Å². The van der Waals surface area contributed by atoms with Crippen molar-refractivity contribution in [3.63, 3.8) is 0 Å². The lowest BCUT2D eigenvalue weighted by Gasteiger charge is -1.68. The Bertz CT molecular complexity index is 46.1. The lowest BCUT2D eigenvalue weighted by molar-refractivity contribution is 1.49. The Kier molecular flexibility index (Phi) is 3.65. The number of nitrogens with zero attached hydrogens (tertiary/aromatic N) is 1. The second-order valence-electron chi connectivity index (χ2n) is 0.469. The van der Waals surface area contributed by atoms with Crippen LogP contribution in [-0.4, -0.2) is 5.75 Å². The van der Waals surface area contributed by atoms with Gasteiger partial charge in [0.1, 0.15) is 0 Å². The van der Waals surface area contributed by atoms with Gasteiger partial charge in [-0.05, 0) is 0 Å². The van der Waals surface area contributed by atoms with Crippen molar-refractivity contribution in [1.29, 1.82) is 5.26 Å². The van der Waals surface area contributed by atoms with E-state index in [4.69, 9.17) is 10.4 Å². The SMILES string of the molecule is N#CCSN. The molecule has 0 radical (unpaired) electrons. The van der Waals surface area contributed by atoms with E-state index in [-0.39, 0.29) is 0 Å². The van der Waals surface area contributed by atoms with Gasteiger partial charge in [-0.25, -0.2) is 0 Å². The molecule has 28 valence electrons. The summed E-state index contributed by atoms with van der Waals surface area (Å²) in [6.07, 6.45) is 0. The molecule has 0 amide bonds. The molecule has 0 aliphatic rings. The third-order valence-electron chi connectivity index (χ3n) is 0.148. The molecule has 0 saturated carbocycles. The number of rotatable bonds is 1. The lowest BCUT2D eigenvalue weighted by atomic mass is 10.9. The van der Waals surface area contributed by atoms with E-state index in [0.717, 1.165) is 11.9 Å². The summed E-state index contributed by atoms with van der Waals surface area (Å²) >= 11 is 1.04. The van der Waals surface area contributed by atoms with Crippen LogP contribution in [-0.2, 0) is 0 Å². The van der Waals surface area contributed by atoms with E-state index in [9.17, 15) is 0 Å². The highest BCUT2D eigenvalue weighted by molar-refractivity contribution is 7.97. The standard InChI is InChI=1S/C2H4N2S/c3-1-2-5-4/h2,4H2. The maximum absolute atomic E-state index is 7.72. The van der Waals surface area contributed by atoms with Crippen LogP contribution in [0.15, 0.2) is 0 Å². The normalized spacial score (nSPS) is 6.40. The zero-order chi connectivity index (χ0) is 4.12. The zero-order valence-corrected chi connectivity index (χ0v) is 3.46. The van der Waals surface area contributed by atoms with Gasteiger partial charge in [-0.2, -0.15) is 5.26 Å². The molecule has 0 aromatic heterocycles. The summed E-state index contributed by atoms with van der Waals surface area (Å²) in [4.78, 5) is 0. The first-order valence-corrected chi connectivity index (χ1v) is 2.15. The Labute approximate surface area is 35.1 Å². The minimum absolute atomic E-state index is 0.389. The van der Waals surface area contributed by atoms with Crippen molar-refractivity contribution in [3.05, 3.63) is 0 Å². The second-order valence-corrected chi connectivity index (χ2v) is 1.09. The Balaban J connectivity index is 2.48. The van der Waals surface area contributed by atoms with E-state index in [1.807, 2.05) is 6.07 Å². The van der Waals surface area contributed by atoms with Crippen LogP contribution < -0.4 is 5.14 Å². The summed E-state index contributed by atoms with van der Waals surface area (Å²) in [6.45, 7) is 0. The molecular formula is C2H4N2S. The average molecular weight is 88.1 g/mol. The Morgan fingerprint density at radius 2 is 2.60 bits per heavy atom. The van der Waals surface area contributed by atoms with Crippen LogP contribution in [0, 0.1) is 11.3 Å². The van der Waals surface area contributed by atoms with Gasteiger partial charge in [-0.3, -0.25) is 5.14 Å². The fourth-order valence-electron chi connectivity index (χ4n) is 0.0373. The zero-order valence-electron chi connectivity index (χ0n) is 2.64. The molecule has 0 heterocycles. The molecule has 0 saturated heterocycles. The summed E-state index contributed by atoms with van der Waals surface area (Å²) in [5.41, 5.74) is 0. The van der Waals surface area contributed by atoms with Crippen molar-refractivity contribution in [2.75, 3.05) is 5.75 Å². The fourth-order valence-corrected chi connectivity index (χ4v) is 0.112. The first-order chi connectivity index (χ1) is 2.41. The predicted molar refractivity (Wildman–Crippen MR) is 22.3 cm³/mol. The molecule has 2 nitrogen and oxygen atoms in total. The summed E-state index contributed by atoms with van der Waals surface area (Å²) in [7, 11) is 0. The average Bonchev–Trinajstić information content (AvgIpc) is 1.41. The van der Waals surface area contributed by atoms with Crippen LogP contribution in [0.25, 0.3) is 0 Å². The van der Waals surface area contributed by atoms with Gasteiger partial charge in [-0.15, -0.1) is 0 Å². The van der Waals surface area contributed by atoms with Crippen molar-refractivity contribution in [2.24, 2.45) is 5.14 Å². The van der Waals surface area contributed by atoms with Crippen molar-refractivity contribution in [3.8, 4) is 6.07 Å². The molecule has 0 atom stereocenters. The Hall–Kier alpha value is -0.200. The maximum Gasteiger partial charge on any atom is 0.0950 e. The van der Waals surface area contributed by atoms with E-state index < -0.39 is 0 Å². The van der Waals surface area contributed by atoms with Gasteiger partial charge in [0.2, 0.25) is 0 Å². The lowest BCUT2D eigenvalue weighted by Crippen LogP contribution is -1.77. The number of nitrogens with two attached hydrogens (primary N) is 1. The van der Waals surface area contributed by atoms with Crippen molar-refractivity contribution < 1.29 is 0 Å². The van der Waals surface area contributed by atoms with Gasteiger partial charge in [0.05, 0.1) is 11.8 Å². The van der Waals surface area contributed by atoms with Crippen molar-refractivity contribution >= 4 is 11.9 Å². The van der Waals surface area contributed by atoms with Crippen LogP contribution in [0.1, 0.15) is 0 Å². The summed E-state index contributed by atoms with van der Waals surface area (Å²) in [5, 5.41) is 12.5. The minimum atomic E-state index is 0.389. The molecule has 0 aromatic carbocycles. The van der Waals surface area contributed by atoms with Crippen LogP contribution in [0.4, 0.5) is 0 Å². The van der Waals surface area contributed by atoms with Crippen molar-refractivity contribution in [2.45, 2.75) is 0 Å². The van der Waals surface area contributed by atoms with Gasteiger partial charge in [0.15, 0.2) is 0 Å². The predicted octanol–water partition coefficient (Wildman–Crippen LogP) is 0.117. The quantitative estimate of drug-likeness (QED) is 0.463. The first kappa shape index (κ1) is 4.80. The summed E-state index contributed by atoms with van der Waals surface area (Å²) in [5.74, 6) is 0.389. The van der Waals surface area contributed by atoms with Crippen LogP contribution >= 0.6 is 11.9 Å². The minimum Gasteiger partial charge on any atom is -0.277 e. The van der Waals surface area contributed by atoms with E-state index in [0.29, 0.717) is 5.75 Å². The Morgan fingerprint density at radius 1 is 2.00 bits per heavy atom. The molecule has 0 aromatic rings. The molecule has 0 unspecified atom stereocenters. The molecule has 0 aliphatic carbocycles. The van der Waals surface area contributed by atoms with E-state index in [2.05, 4.69) is 0 Å². The third-order valence-corrected chi connectivity index (χ3v) is 0.444. The highest BCUT2D eigenvalue weighted by atomic mass is 32.2. The highest BCUT2D eigenvalue weighted by Crippen LogP contribution is 1.76. The van der Waals surface area contributed by atoms with E-state index in [1.54, 1.807) is 0 Å². The van der Waals surface area contributed by atoms with Crippen LogP contribution in [0.2, 0.25) is 0 Å². The monoisotopic (exact) mass is 88.0 g/mol. The molecule has 0 spiro atoms. The molecule has 0 aliphatic heterocycles. The molecule has 2 N–H and O–H groups in total.